The number of carbonyl (C=O) groups is 2. The third kappa shape index (κ3) is 4.80. The molecule has 1 fully saturated rings. The first kappa shape index (κ1) is 20.7. The van der Waals surface area contributed by atoms with E-state index in [1.54, 1.807) is 52.7 Å². The predicted molar refractivity (Wildman–Crippen MR) is 111 cm³/mol. The Bertz CT molecular complexity index is 1090. The molecule has 1 aliphatic heterocycles. The predicted octanol–water partition coefficient (Wildman–Crippen LogP) is 2.39. The number of pyridine rings is 1. The van der Waals surface area contributed by atoms with Crippen molar-refractivity contribution in [3.8, 4) is 16.9 Å². The standard InChI is InChI=1S/C21H24N6O4/c1-21(2,3)31-20(29)26-5-4-17(13-26)27-14-18(23-24-27)15-10-16(12-22-11-15)19(28)25-6-8-30-9-7-25/h4-5,10-14H,6-9H2,1-3H3. The van der Waals surface area contributed by atoms with E-state index < -0.39 is 11.7 Å². The molecule has 0 aromatic carbocycles. The zero-order valence-corrected chi connectivity index (χ0v) is 17.7. The van der Waals surface area contributed by atoms with E-state index in [9.17, 15) is 9.59 Å². The van der Waals surface area contributed by atoms with Crippen molar-refractivity contribution in [2.24, 2.45) is 0 Å². The second-order valence-electron chi connectivity index (χ2n) is 8.17. The minimum absolute atomic E-state index is 0.0838. The van der Waals surface area contributed by atoms with Crippen LogP contribution in [0.3, 0.4) is 0 Å². The number of nitrogens with zero attached hydrogens (tertiary/aromatic N) is 6. The van der Waals surface area contributed by atoms with Gasteiger partial charge in [-0.2, -0.15) is 0 Å². The monoisotopic (exact) mass is 424 g/mol. The van der Waals surface area contributed by atoms with Crippen molar-refractivity contribution in [3.05, 3.63) is 48.7 Å². The Hall–Kier alpha value is -3.53. The van der Waals surface area contributed by atoms with Crippen LogP contribution in [-0.2, 0) is 9.47 Å². The van der Waals surface area contributed by atoms with E-state index in [2.05, 4.69) is 15.3 Å². The summed E-state index contributed by atoms with van der Waals surface area (Å²) in [6.45, 7) is 7.63. The maximum atomic E-state index is 12.7. The molecular formula is C21H24N6O4. The van der Waals surface area contributed by atoms with Crippen molar-refractivity contribution >= 4 is 12.0 Å². The highest BCUT2D eigenvalue weighted by molar-refractivity contribution is 5.95. The van der Waals surface area contributed by atoms with Gasteiger partial charge in [0.2, 0.25) is 0 Å². The molecule has 1 aliphatic rings. The lowest BCUT2D eigenvalue weighted by molar-refractivity contribution is 0.0302. The molecular weight excluding hydrogens is 400 g/mol. The van der Waals surface area contributed by atoms with Gasteiger partial charge in [0, 0.05) is 43.4 Å². The molecule has 3 aromatic rings. The maximum absolute atomic E-state index is 12.7. The molecule has 31 heavy (non-hydrogen) atoms. The average molecular weight is 424 g/mol. The van der Waals surface area contributed by atoms with Gasteiger partial charge in [-0.15, -0.1) is 5.10 Å². The van der Waals surface area contributed by atoms with Crippen molar-refractivity contribution in [3.63, 3.8) is 0 Å². The van der Waals surface area contributed by atoms with Gasteiger partial charge in [0.1, 0.15) is 11.3 Å². The lowest BCUT2D eigenvalue weighted by atomic mass is 10.1. The molecule has 0 aliphatic carbocycles. The van der Waals surface area contributed by atoms with E-state index in [4.69, 9.17) is 9.47 Å². The zero-order chi connectivity index (χ0) is 22.0. The first-order valence-corrected chi connectivity index (χ1v) is 9.97. The van der Waals surface area contributed by atoms with Gasteiger partial charge in [-0.05, 0) is 32.9 Å². The molecule has 1 amide bonds. The largest absolute Gasteiger partial charge is 0.443 e. The van der Waals surface area contributed by atoms with Crippen LogP contribution in [-0.4, -0.2) is 73.3 Å². The SMILES string of the molecule is CC(C)(C)OC(=O)n1ccc(-n2cc(-c3cncc(C(=O)N4CCOCC4)c3)nn2)c1. The van der Waals surface area contributed by atoms with Crippen LogP contribution in [0.25, 0.3) is 16.9 Å². The molecule has 10 nitrogen and oxygen atoms in total. The Labute approximate surface area is 179 Å². The van der Waals surface area contributed by atoms with Gasteiger partial charge in [-0.25, -0.2) is 9.48 Å². The molecule has 4 heterocycles. The average Bonchev–Trinajstić information content (AvgIpc) is 3.42. The Morgan fingerprint density at radius 2 is 1.90 bits per heavy atom. The van der Waals surface area contributed by atoms with Crippen molar-refractivity contribution in [2.45, 2.75) is 26.4 Å². The summed E-state index contributed by atoms with van der Waals surface area (Å²) in [5, 5.41) is 8.33. The first-order chi connectivity index (χ1) is 14.8. The number of amides is 1. The Morgan fingerprint density at radius 1 is 1.13 bits per heavy atom. The molecule has 3 aromatic heterocycles. The van der Waals surface area contributed by atoms with E-state index in [1.165, 1.54) is 4.57 Å². The van der Waals surface area contributed by atoms with E-state index in [0.29, 0.717) is 48.8 Å². The van der Waals surface area contributed by atoms with Gasteiger partial charge in [0.25, 0.3) is 5.91 Å². The molecule has 0 unspecified atom stereocenters. The van der Waals surface area contributed by atoms with Crippen molar-refractivity contribution in [1.82, 2.24) is 29.4 Å². The lowest BCUT2D eigenvalue weighted by Gasteiger charge is -2.26. The van der Waals surface area contributed by atoms with Gasteiger partial charge < -0.3 is 14.4 Å². The summed E-state index contributed by atoms with van der Waals surface area (Å²) in [7, 11) is 0. The lowest BCUT2D eigenvalue weighted by Crippen LogP contribution is -2.40. The minimum atomic E-state index is -0.585. The Morgan fingerprint density at radius 3 is 2.65 bits per heavy atom. The number of carbonyl (C=O) groups excluding carboxylic acids is 2. The second-order valence-corrected chi connectivity index (χ2v) is 8.17. The van der Waals surface area contributed by atoms with Gasteiger partial charge in [-0.1, -0.05) is 5.21 Å². The summed E-state index contributed by atoms with van der Waals surface area (Å²) in [5.74, 6) is -0.0838. The van der Waals surface area contributed by atoms with E-state index in [1.807, 2.05) is 20.8 Å². The van der Waals surface area contributed by atoms with Crippen molar-refractivity contribution < 1.29 is 19.1 Å². The summed E-state index contributed by atoms with van der Waals surface area (Å²) >= 11 is 0. The highest BCUT2D eigenvalue weighted by Crippen LogP contribution is 2.20. The highest BCUT2D eigenvalue weighted by Gasteiger charge is 2.20. The number of hydrogen-bond donors (Lipinski definition) is 0. The van der Waals surface area contributed by atoms with E-state index >= 15 is 0 Å². The molecule has 4 rings (SSSR count). The third-order valence-corrected chi connectivity index (χ3v) is 4.62. The second kappa shape index (κ2) is 8.31. The highest BCUT2D eigenvalue weighted by atomic mass is 16.6. The van der Waals surface area contributed by atoms with Gasteiger partial charge in [0.05, 0.1) is 30.7 Å². The van der Waals surface area contributed by atoms with E-state index in [0.717, 1.165) is 0 Å². The number of rotatable bonds is 3. The van der Waals surface area contributed by atoms with Crippen molar-refractivity contribution in [2.75, 3.05) is 26.3 Å². The quantitative estimate of drug-likeness (QED) is 0.636. The van der Waals surface area contributed by atoms with Crippen LogP contribution in [0.15, 0.2) is 43.1 Å². The summed E-state index contributed by atoms with van der Waals surface area (Å²) in [4.78, 5) is 30.9. The first-order valence-electron chi connectivity index (χ1n) is 9.97. The van der Waals surface area contributed by atoms with Gasteiger partial charge >= 0.3 is 6.09 Å². The topological polar surface area (TPSA) is 104 Å². The van der Waals surface area contributed by atoms with Crippen molar-refractivity contribution in [1.29, 1.82) is 0 Å². The molecule has 1 saturated heterocycles. The fourth-order valence-electron chi connectivity index (χ4n) is 3.12. The van der Waals surface area contributed by atoms with Crippen LogP contribution < -0.4 is 0 Å². The molecule has 0 saturated carbocycles. The maximum Gasteiger partial charge on any atom is 0.418 e. The normalized spacial score (nSPS) is 14.5. The fourth-order valence-corrected chi connectivity index (χ4v) is 3.12. The van der Waals surface area contributed by atoms with Crippen LogP contribution in [0.4, 0.5) is 4.79 Å². The van der Waals surface area contributed by atoms with Gasteiger partial charge in [-0.3, -0.25) is 14.3 Å². The third-order valence-electron chi connectivity index (χ3n) is 4.62. The summed E-state index contributed by atoms with van der Waals surface area (Å²) in [6.07, 6.45) is 7.65. The van der Waals surface area contributed by atoms with Gasteiger partial charge in [0.15, 0.2) is 0 Å². The fraction of sp³-hybridized carbons (Fsp3) is 0.381. The van der Waals surface area contributed by atoms with Crippen LogP contribution in [0.2, 0.25) is 0 Å². The Balaban J connectivity index is 1.52. The van der Waals surface area contributed by atoms with Crippen LogP contribution >= 0.6 is 0 Å². The van der Waals surface area contributed by atoms with Crippen LogP contribution in [0.1, 0.15) is 31.1 Å². The molecule has 0 bridgehead atoms. The summed E-state index contributed by atoms with van der Waals surface area (Å²) < 4.78 is 13.6. The van der Waals surface area contributed by atoms with Crippen LogP contribution in [0.5, 0.6) is 0 Å². The molecule has 0 spiro atoms. The molecule has 0 N–H and O–H groups in total. The van der Waals surface area contributed by atoms with Crippen LogP contribution in [0, 0.1) is 0 Å². The number of hydrogen-bond acceptors (Lipinski definition) is 7. The molecule has 0 radical (unpaired) electrons. The zero-order valence-electron chi connectivity index (χ0n) is 17.7. The number of morpholine rings is 1. The summed E-state index contributed by atoms with van der Waals surface area (Å²) in [6, 6.07) is 3.49. The molecule has 10 heteroatoms. The molecule has 162 valence electrons. The molecule has 0 atom stereocenters. The smallest absolute Gasteiger partial charge is 0.418 e. The minimum Gasteiger partial charge on any atom is -0.443 e. The summed E-state index contributed by atoms with van der Waals surface area (Å²) in [5.41, 5.74) is 1.80. The van der Waals surface area contributed by atoms with E-state index in [-0.39, 0.29) is 5.91 Å². The Kier molecular flexibility index (Phi) is 5.55. The number of ether oxygens (including phenoxy) is 2. The number of aromatic nitrogens is 5.